The molecule has 120 valence electrons. The first-order valence-corrected chi connectivity index (χ1v) is 7.58. The Hall–Kier alpha value is -2.70. The monoisotopic (exact) mass is 314 g/mol. The lowest BCUT2D eigenvalue weighted by atomic mass is 10.1. The number of benzene rings is 1. The van der Waals surface area contributed by atoms with E-state index in [0.29, 0.717) is 5.39 Å². The van der Waals surface area contributed by atoms with Gasteiger partial charge in [-0.05, 0) is 25.0 Å². The average molecular weight is 314 g/mol. The molecule has 7 heteroatoms. The number of rotatable bonds is 4. The third kappa shape index (κ3) is 2.94. The van der Waals surface area contributed by atoms with Crippen LogP contribution in [0.2, 0.25) is 0 Å². The van der Waals surface area contributed by atoms with E-state index in [0.717, 1.165) is 37.0 Å². The maximum Gasteiger partial charge on any atom is 0.278 e. The number of carbonyl (C=O) groups is 1. The van der Waals surface area contributed by atoms with E-state index in [9.17, 15) is 14.9 Å². The highest BCUT2D eigenvalue weighted by atomic mass is 16.6. The van der Waals surface area contributed by atoms with Crippen LogP contribution in [0.5, 0.6) is 0 Å². The molecule has 0 radical (unpaired) electrons. The highest BCUT2D eigenvalue weighted by molar-refractivity contribution is 6.00. The highest BCUT2D eigenvalue weighted by Gasteiger charge is 2.21. The Balaban J connectivity index is 1.91. The van der Waals surface area contributed by atoms with Crippen molar-refractivity contribution in [3.05, 3.63) is 40.7 Å². The molecule has 2 aromatic rings. The molecular formula is C16H18N4O3. The molecule has 3 rings (SSSR count). The van der Waals surface area contributed by atoms with Gasteiger partial charge in [0.1, 0.15) is 0 Å². The summed E-state index contributed by atoms with van der Waals surface area (Å²) in [5.41, 5.74) is 0.816. The number of hydrogen-bond donors (Lipinski definition) is 0. The second-order valence-electron chi connectivity index (χ2n) is 5.73. The topological polar surface area (TPSA) is 79.6 Å². The van der Waals surface area contributed by atoms with Gasteiger partial charge in [0.2, 0.25) is 5.91 Å². The fraction of sp³-hybridized carbons (Fsp3) is 0.375. The zero-order valence-corrected chi connectivity index (χ0v) is 12.9. The van der Waals surface area contributed by atoms with Crippen molar-refractivity contribution >= 4 is 28.1 Å². The van der Waals surface area contributed by atoms with Gasteiger partial charge in [-0.1, -0.05) is 0 Å². The molecule has 0 atom stereocenters. The number of nitro benzene ring substituents is 1. The van der Waals surface area contributed by atoms with Crippen LogP contribution in [0.1, 0.15) is 12.8 Å². The summed E-state index contributed by atoms with van der Waals surface area (Å²) >= 11 is 0. The van der Waals surface area contributed by atoms with Crippen LogP contribution in [0.25, 0.3) is 10.8 Å². The molecule has 0 aliphatic carbocycles. The Kier molecular flexibility index (Phi) is 4.10. The molecule has 0 saturated carbocycles. The van der Waals surface area contributed by atoms with Crippen LogP contribution in [-0.4, -0.2) is 47.4 Å². The van der Waals surface area contributed by atoms with Gasteiger partial charge in [-0.2, -0.15) is 0 Å². The fourth-order valence-electron chi connectivity index (χ4n) is 3.01. The summed E-state index contributed by atoms with van der Waals surface area (Å²) < 4.78 is 0. The van der Waals surface area contributed by atoms with Crippen LogP contribution >= 0.6 is 0 Å². The van der Waals surface area contributed by atoms with Gasteiger partial charge in [0, 0.05) is 49.7 Å². The van der Waals surface area contributed by atoms with E-state index in [2.05, 4.69) is 4.98 Å². The average Bonchev–Trinajstić information content (AvgIpc) is 3.08. The quantitative estimate of drug-likeness (QED) is 0.638. The number of fused-ring (bicyclic) bond motifs is 1. The Morgan fingerprint density at radius 1 is 1.30 bits per heavy atom. The molecule has 0 bridgehead atoms. The summed E-state index contributed by atoms with van der Waals surface area (Å²) in [6, 6.07) is 4.91. The van der Waals surface area contributed by atoms with Crippen molar-refractivity contribution < 1.29 is 9.72 Å². The van der Waals surface area contributed by atoms with Gasteiger partial charge in [0.05, 0.1) is 16.9 Å². The number of nitro groups is 1. The molecular weight excluding hydrogens is 296 g/mol. The van der Waals surface area contributed by atoms with Crippen LogP contribution in [-0.2, 0) is 4.79 Å². The van der Waals surface area contributed by atoms with E-state index in [1.807, 2.05) is 16.8 Å². The smallest absolute Gasteiger partial charge is 0.278 e. The number of hydrogen-bond acceptors (Lipinski definition) is 5. The number of pyridine rings is 1. The van der Waals surface area contributed by atoms with Gasteiger partial charge >= 0.3 is 0 Å². The molecule has 1 aliphatic rings. The van der Waals surface area contributed by atoms with Gasteiger partial charge in [0.15, 0.2) is 0 Å². The molecule has 1 fully saturated rings. The van der Waals surface area contributed by atoms with Gasteiger partial charge in [-0.3, -0.25) is 19.9 Å². The lowest BCUT2D eigenvalue weighted by Gasteiger charge is -2.24. The molecule has 0 spiro atoms. The largest absolute Gasteiger partial charge is 0.365 e. The summed E-state index contributed by atoms with van der Waals surface area (Å²) in [6.07, 6.45) is 5.21. The van der Waals surface area contributed by atoms with Gasteiger partial charge < -0.3 is 9.80 Å². The van der Waals surface area contributed by atoms with E-state index >= 15 is 0 Å². The van der Waals surface area contributed by atoms with Crippen molar-refractivity contribution in [2.75, 3.05) is 31.6 Å². The normalized spacial score (nSPS) is 14.2. The summed E-state index contributed by atoms with van der Waals surface area (Å²) in [6.45, 7) is 1.89. The van der Waals surface area contributed by atoms with E-state index in [4.69, 9.17) is 0 Å². The van der Waals surface area contributed by atoms with E-state index in [-0.39, 0.29) is 18.1 Å². The minimum absolute atomic E-state index is 0.0242. The lowest BCUT2D eigenvalue weighted by molar-refractivity contribution is -0.383. The van der Waals surface area contributed by atoms with Crippen molar-refractivity contribution in [1.82, 2.24) is 9.88 Å². The first-order chi connectivity index (χ1) is 11.1. The lowest BCUT2D eigenvalue weighted by Crippen LogP contribution is -2.37. The van der Waals surface area contributed by atoms with Crippen molar-refractivity contribution in [3.63, 3.8) is 0 Å². The summed E-state index contributed by atoms with van der Waals surface area (Å²) in [5.74, 6) is 0.0885. The maximum atomic E-state index is 12.3. The summed E-state index contributed by atoms with van der Waals surface area (Å²) in [7, 11) is 1.83. The van der Waals surface area contributed by atoms with Crippen LogP contribution in [0.4, 0.5) is 11.4 Å². The number of non-ortho nitro benzene ring substituents is 1. The molecule has 1 aliphatic heterocycles. The van der Waals surface area contributed by atoms with Crippen molar-refractivity contribution in [3.8, 4) is 0 Å². The molecule has 2 heterocycles. The number of nitrogens with zero attached hydrogens (tertiary/aromatic N) is 4. The van der Waals surface area contributed by atoms with Crippen molar-refractivity contribution in [2.24, 2.45) is 0 Å². The third-order valence-electron chi connectivity index (χ3n) is 4.21. The second-order valence-corrected chi connectivity index (χ2v) is 5.73. The van der Waals surface area contributed by atoms with Crippen LogP contribution in [0, 0.1) is 10.1 Å². The molecule has 1 aromatic heterocycles. The maximum absolute atomic E-state index is 12.3. The third-order valence-corrected chi connectivity index (χ3v) is 4.21. The predicted molar refractivity (Wildman–Crippen MR) is 87.5 cm³/mol. The number of amides is 1. The van der Waals surface area contributed by atoms with Crippen molar-refractivity contribution in [2.45, 2.75) is 12.8 Å². The number of aromatic nitrogens is 1. The Bertz CT molecular complexity index is 756. The van der Waals surface area contributed by atoms with Gasteiger partial charge in [-0.25, -0.2) is 0 Å². The number of anilines is 1. The first-order valence-electron chi connectivity index (χ1n) is 7.58. The Morgan fingerprint density at radius 2 is 2.04 bits per heavy atom. The molecule has 1 amide bonds. The first kappa shape index (κ1) is 15.2. The van der Waals surface area contributed by atoms with E-state index in [1.54, 1.807) is 18.3 Å². The van der Waals surface area contributed by atoms with Crippen LogP contribution < -0.4 is 4.90 Å². The van der Waals surface area contributed by atoms with Crippen molar-refractivity contribution in [1.29, 1.82) is 0 Å². The summed E-state index contributed by atoms with van der Waals surface area (Å²) in [5, 5.41) is 12.4. The van der Waals surface area contributed by atoms with Crippen LogP contribution in [0.3, 0.4) is 0 Å². The number of likely N-dealkylation sites (N-methyl/N-ethyl adjacent to an activating group) is 1. The number of likely N-dealkylation sites (tertiary alicyclic amines) is 1. The fourth-order valence-corrected chi connectivity index (χ4v) is 3.01. The van der Waals surface area contributed by atoms with E-state index in [1.165, 1.54) is 12.3 Å². The molecule has 1 saturated heterocycles. The van der Waals surface area contributed by atoms with Gasteiger partial charge in [-0.15, -0.1) is 0 Å². The van der Waals surface area contributed by atoms with Crippen LogP contribution in [0.15, 0.2) is 30.6 Å². The summed E-state index contributed by atoms with van der Waals surface area (Å²) in [4.78, 5) is 30.7. The standard InChI is InChI=1S/C16H18N4O3/c1-18(11-16(21)19-8-2-3-9-19)14-4-5-15(20(22)23)13-10-17-7-6-12(13)14/h4-7,10H,2-3,8-9,11H2,1H3. The second kappa shape index (κ2) is 6.20. The molecule has 0 N–H and O–H groups in total. The Morgan fingerprint density at radius 3 is 2.74 bits per heavy atom. The van der Waals surface area contributed by atoms with E-state index < -0.39 is 4.92 Å². The molecule has 1 aromatic carbocycles. The minimum atomic E-state index is -0.414. The molecule has 7 nitrogen and oxygen atoms in total. The number of carbonyl (C=O) groups excluding carboxylic acids is 1. The molecule has 0 unspecified atom stereocenters. The SMILES string of the molecule is CN(CC(=O)N1CCCC1)c1ccc([N+](=O)[O-])c2cnccc12. The Labute approximate surface area is 133 Å². The molecule has 23 heavy (non-hydrogen) atoms. The zero-order valence-electron chi connectivity index (χ0n) is 12.9. The predicted octanol–water partition coefficient (Wildman–Crippen LogP) is 2.20. The highest BCUT2D eigenvalue weighted by Crippen LogP contribution is 2.32. The zero-order chi connectivity index (χ0) is 16.4. The van der Waals surface area contributed by atoms with Gasteiger partial charge in [0.25, 0.3) is 5.69 Å². The minimum Gasteiger partial charge on any atom is -0.365 e.